The highest BCUT2D eigenvalue weighted by Gasteiger charge is 2.36. The molecule has 1 heterocycles. The van der Waals surface area contributed by atoms with Crippen LogP contribution in [-0.4, -0.2) is 59.6 Å². The van der Waals surface area contributed by atoms with E-state index in [1.807, 2.05) is 29.2 Å². The summed E-state index contributed by atoms with van der Waals surface area (Å²) in [5, 5.41) is 12.5. The number of aliphatic carboxylic acids is 1. The number of likely N-dealkylation sites (N-methyl/N-ethyl adjacent to an activating group) is 1. The molecule has 1 fully saturated rings. The Morgan fingerprint density at radius 1 is 1.17 bits per heavy atom. The van der Waals surface area contributed by atoms with E-state index in [9.17, 15) is 14.7 Å². The van der Waals surface area contributed by atoms with Crippen molar-refractivity contribution >= 4 is 12.0 Å². The molecule has 1 aliphatic heterocycles. The zero-order valence-corrected chi connectivity index (χ0v) is 14.1. The molecule has 1 saturated heterocycles. The van der Waals surface area contributed by atoms with Gasteiger partial charge in [0.15, 0.2) is 0 Å². The van der Waals surface area contributed by atoms with Gasteiger partial charge in [-0.1, -0.05) is 31.2 Å². The molecule has 0 bridgehead atoms. The summed E-state index contributed by atoms with van der Waals surface area (Å²) in [6.07, 6.45) is 1.40. The van der Waals surface area contributed by atoms with Gasteiger partial charge < -0.3 is 20.2 Å². The molecule has 2 N–H and O–H groups in total. The minimum Gasteiger partial charge on any atom is -0.481 e. The Morgan fingerprint density at radius 3 is 2.62 bits per heavy atom. The molecule has 0 aromatic heterocycles. The van der Waals surface area contributed by atoms with E-state index in [-0.39, 0.29) is 12.1 Å². The number of fused-ring (bicyclic) bond motifs is 1. The average molecular weight is 331 g/mol. The third-order valence-corrected chi connectivity index (χ3v) is 5.14. The van der Waals surface area contributed by atoms with E-state index in [2.05, 4.69) is 17.1 Å². The van der Waals surface area contributed by atoms with Gasteiger partial charge in [0.25, 0.3) is 0 Å². The van der Waals surface area contributed by atoms with Crippen LogP contribution in [0.25, 0.3) is 0 Å². The lowest BCUT2D eigenvalue weighted by molar-refractivity contribution is -0.138. The number of nitrogens with one attached hydrogen (secondary N) is 1. The van der Waals surface area contributed by atoms with Crippen LogP contribution in [0.5, 0.6) is 0 Å². The Labute approximate surface area is 142 Å². The van der Waals surface area contributed by atoms with Gasteiger partial charge in [-0.05, 0) is 37.1 Å². The van der Waals surface area contributed by atoms with Crippen molar-refractivity contribution in [1.82, 2.24) is 15.1 Å². The molecule has 1 aromatic rings. The highest BCUT2D eigenvalue weighted by molar-refractivity contribution is 5.80. The minimum atomic E-state index is -0.826. The van der Waals surface area contributed by atoms with Crippen LogP contribution in [0.15, 0.2) is 24.3 Å². The van der Waals surface area contributed by atoms with Crippen molar-refractivity contribution in [2.75, 3.05) is 32.7 Å². The number of carboxylic acids is 1. The van der Waals surface area contributed by atoms with Crippen LogP contribution in [0.1, 0.15) is 42.9 Å². The highest BCUT2D eigenvalue weighted by atomic mass is 16.4. The van der Waals surface area contributed by atoms with Crippen molar-refractivity contribution in [2.45, 2.75) is 31.7 Å². The number of nitrogens with zero attached hydrogens (tertiary/aromatic N) is 2. The Balaban J connectivity index is 1.68. The summed E-state index contributed by atoms with van der Waals surface area (Å²) >= 11 is 0. The zero-order chi connectivity index (χ0) is 17.1. The second-order valence-electron chi connectivity index (χ2n) is 6.53. The molecule has 2 aliphatic rings. The van der Waals surface area contributed by atoms with Crippen molar-refractivity contribution in [3.8, 4) is 0 Å². The normalized spacial score (nSPS) is 24.3. The van der Waals surface area contributed by atoms with Gasteiger partial charge in [-0.2, -0.15) is 0 Å². The monoisotopic (exact) mass is 331 g/mol. The predicted octanol–water partition coefficient (Wildman–Crippen LogP) is 2.04. The largest absolute Gasteiger partial charge is 0.481 e. The van der Waals surface area contributed by atoms with Gasteiger partial charge in [0.2, 0.25) is 0 Å². The fourth-order valence-electron chi connectivity index (χ4n) is 3.74. The van der Waals surface area contributed by atoms with Gasteiger partial charge in [0.1, 0.15) is 0 Å². The van der Waals surface area contributed by atoms with Crippen molar-refractivity contribution < 1.29 is 14.7 Å². The van der Waals surface area contributed by atoms with Gasteiger partial charge in [0, 0.05) is 19.6 Å². The maximum Gasteiger partial charge on any atom is 0.317 e. The van der Waals surface area contributed by atoms with Crippen LogP contribution < -0.4 is 5.32 Å². The first-order valence-corrected chi connectivity index (χ1v) is 8.69. The molecule has 0 spiro atoms. The molecular formula is C18H25N3O3. The van der Waals surface area contributed by atoms with Crippen LogP contribution in [0.3, 0.4) is 0 Å². The number of carboxylic acid groups (broad SMARTS) is 1. The molecule has 2 atom stereocenters. The SMILES string of the molecule is CCN1CCCN(C(=O)NC2CC(C(=O)O)c3ccccc32)CC1. The van der Waals surface area contributed by atoms with Crippen LogP contribution in [0.4, 0.5) is 4.79 Å². The van der Waals surface area contributed by atoms with Crippen LogP contribution in [0, 0.1) is 0 Å². The molecule has 6 nitrogen and oxygen atoms in total. The molecule has 0 saturated carbocycles. The Morgan fingerprint density at radius 2 is 1.92 bits per heavy atom. The van der Waals surface area contributed by atoms with Crippen molar-refractivity contribution in [3.05, 3.63) is 35.4 Å². The fraction of sp³-hybridized carbons (Fsp3) is 0.556. The molecule has 2 unspecified atom stereocenters. The smallest absolute Gasteiger partial charge is 0.317 e. The molecule has 24 heavy (non-hydrogen) atoms. The molecule has 130 valence electrons. The number of urea groups is 1. The molecular weight excluding hydrogens is 306 g/mol. The third kappa shape index (κ3) is 3.38. The third-order valence-electron chi connectivity index (χ3n) is 5.14. The van der Waals surface area contributed by atoms with E-state index in [4.69, 9.17) is 0 Å². The summed E-state index contributed by atoms with van der Waals surface area (Å²) in [4.78, 5) is 28.3. The second kappa shape index (κ2) is 7.21. The van der Waals surface area contributed by atoms with E-state index in [1.165, 1.54) is 0 Å². The maximum absolute atomic E-state index is 12.6. The second-order valence-corrected chi connectivity index (χ2v) is 6.53. The number of hydrogen-bond donors (Lipinski definition) is 2. The lowest BCUT2D eigenvalue weighted by Gasteiger charge is -2.24. The van der Waals surface area contributed by atoms with E-state index in [1.54, 1.807) is 0 Å². The number of amides is 2. The molecule has 0 radical (unpaired) electrons. The van der Waals surface area contributed by atoms with E-state index < -0.39 is 11.9 Å². The van der Waals surface area contributed by atoms with E-state index in [0.29, 0.717) is 6.42 Å². The number of benzene rings is 1. The first kappa shape index (κ1) is 16.8. The van der Waals surface area contributed by atoms with Crippen LogP contribution in [-0.2, 0) is 4.79 Å². The lowest BCUT2D eigenvalue weighted by Crippen LogP contribution is -2.43. The van der Waals surface area contributed by atoms with Crippen molar-refractivity contribution in [3.63, 3.8) is 0 Å². The van der Waals surface area contributed by atoms with Crippen LogP contribution >= 0.6 is 0 Å². The van der Waals surface area contributed by atoms with Crippen molar-refractivity contribution in [1.29, 1.82) is 0 Å². The Bertz CT molecular complexity index is 619. The molecule has 3 rings (SSSR count). The minimum absolute atomic E-state index is 0.0844. The summed E-state index contributed by atoms with van der Waals surface area (Å²) in [5.74, 6) is -1.36. The molecule has 1 aromatic carbocycles. The van der Waals surface area contributed by atoms with Crippen molar-refractivity contribution in [2.24, 2.45) is 0 Å². The van der Waals surface area contributed by atoms with Gasteiger partial charge in [-0.3, -0.25) is 4.79 Å². The summed E-state index contributed by atoms with van der Waals surface area (Å²) in [6.45, 7) is 6.52. The zero-order valence-electron chi connectivity index (χ0n) is 14.1. The van der Waals surface area contributed by atoms with E-state index >= 15 is 0 Å². The lowest BCUT2D eigenvalue weighted by atomic mass is 10.0. The standard InChI is InChI=1S/C18H25N3O3/c1-2-20-8-5-9-21(11-10-20)18(24)19-16-12-15(17(22)23)13-6-3-4-7-14(13)16/h3-4,6-7,15-16H,2,5,8-12H2,1H3,(H,19,24)(H,22,23). The summed E-state index contributed by atoms with van der Waals surface area (Å²) in [7, 11) is 0. The predicted molar refractivity (Wildman–Crippen MR) is 91.0 cm³/mol. The quantitative estimate of drug-likeness (QED) is 0.889. The van der Waals surface area contributed by atoms with Gasteiger partial charge in [-0.15, -0.1) is 0 Å². The van der Waals surface area contributed by atoms with Crippen LogP contribution in [0.2, 0.25) is 0 Å². The number of rotatable bonds is 3. The van der Waals surface area contributed by atoms with Gasteiger partial charge in [0.05, 0.1) is 12.0 Å². The summed E-state index contributed by atoms with van der Waals surface area (Å²) < 4.78 is 0. The van der Waals surface area contributed by atoms with Gasteiger partial charge >= 0.3 is 12.0 Å². The molecule has 1 aliphatic carbocycles. The number of carbonyl (C=O) groups is 2. The first-order valence-electron chi connectivity index (χ1n) is 8.69. The van der Waals surface area contributed by atoms with E-state index in [0.717, 1.165) is 50.3 Å². The topological polar surface area (TPSA) is 72.9 Å². The average Bonchev–Trinajstić information content (AvgIpc) is 2.78. The Kier molecular flexibility index (Phi) is 5.04. The maximum atomic E-state index is 12.6. The van der Waals surface area contributed by atoms with Gasteiger partial charge in [-0.25, -0.2) is 4.79 Å². The number of hydrogen-bond acceptors (Lipinski definition) is 3. The number of carbonyl (C=O) groups excluding carboxylic acids is 1. The highest BCUT2D eigenvalue weighted by Crippen LogP contribution is 2.40. The summed E-state index contributed by atoms with van der Waals surface area (Å²) in [5.41, 5.74) is 1.76. The fourth-order valence-corrected chi connectivity index (χ4v) is 3.74. The first-order chi connectivity index (χ1) is 11.6. The Hall–Kier alpha value is -2.08. The molecule has 2 amide bonds. The molecule has 6 heteroatoms. The summed E-state index contributed by atoms with van der Waals surface area (Å²) in [6, 6.07) is 7.22.